The van der Waals surface area contributed by atoms with Crippen LogP contribution in [0.4, 0.5) is 0 Å². The molecule has 140 valence electrons. The van der Waals surface area contributed by atoms with Gasteiger partial charge in [-0.2, -0.15) is 0 Å². The van der Waals surface area contributed by atoms with Gasteiger partial charge in [0.25, 0.3) is 0 Å². The Morgan fingerprint density at radius 1 is 1.12 bits per heavy atom. The van der Waals surface area contributed by atoms with Crippen molar-refractivity contribution in [1.29, 1.82) is 0 Å². The smallest absolute Gasteiger partial charge is 0.227 e. The number of likely N-dealkylation sites (tertiary alicyclic amines) is 2. The summed E-state index contributed by atoms with van der Waals surface area (Å²) in [5, 5.41) is 11.4. The second-order valence-corrected chi connectivity index (χ2v) is 7.61. The van der Waals surface area contributed by atoms with Crippen LogP contribution >= 0.6 is 35.6 Å². The van der Waals surface area contributed by atoms with Gasteiger partial charge in [-0.15, -0.1) is 12.4 Å². The SMILES string of the molecule is Cl.O=C(Cc1ccc(Cl)c(Cl)c1)N1CCCC(O)C1CN1CCCC1. The molecule has 1 amide bonds. The van der Waals surface area contributed by atoms with Crippen molar-refractivity contribution in [3.63, 3.8) is 0 Å². The molecule has 25 heavy (non-hydrogen) atoms. The third-order valence-electron chi connectivity index (χ3n) is 5.05. The first kappa shape index (κ1) is 20.8. The molecule has 1 N–H and O–H groups in total. The topological polar surface area (TPSA) is 43.8 Å². The zero-order valence-electron chi connectivity index (χ0n) is 14.2. The lowest BCUT2D eigenvalue weighted by molar-refractivity contribution is -0.138. The minimum Gasteiger partial charge on any atom is -0.391 e. The second kappa shape index (κ2) is 9.43. The van der Waals surface area contributed by atoms with Crippen molar-refractivity contribution in [3.8, 4) is 0 Å². The molecule has 2 aliphatic heterocycles. The first-order chi connectivity index (χ1) is 11.5. The molecule has 2 saturated heterocycles. The van der Waals surface area contributed by atoms with E-state index in [1.54, 1.807) is 12.1 Å². The molecule has 0 saturated carbocycles. The van der Waals surface area contributed by atoms with Crippen LogP contribution in [0, 0.1) is 0 Å². The average molecular weight is 408 g/mol. The molecule has 2 fully saturated rings. The highest BCUT2D eigenvalue weighted by molar-refractivity contribution is 6.42. The van der Waals surface area contributed by atoms with Gasteiger partial charge < -0.3 is 14.9 Å². The van der Waals surface area contributed by atoms with E-state index in [1.807, 2.05) is 11.0 Å². The molecule has 0 bridgehead atoms. The van der Waals surface area contributed by atoms with Crippen molar-refractivity contribution in [2.75, 3.05) is 26.2 Å². The number of hydrogen-bond donors (Lipinski definition) is 1. The Kier molecular flexibility index (Phi) is 7.84. The summed E-state index contributed by atoms with van der Waals surface area (Å²) in [4.78, 5) is 17.0. The van der Waals surface area contributed by atoms with Gasteiger partial charge in [0.05, 0.1) is 28.6 Å². The zero-order valence-corrected chi connectivity index (χ0v) is 16.5. The lowest BCUT2D eigenvalue weighted by atomic mass is 9.97. The summed E-state index contributed by atoms with van der Waals surface area (Å²) in [5.74, 6) is 0.0522. The number of amides is 1. The summed E-state index contributed by atoms with van der Waals surface area (Å²) in [7, 11) is 0. The van der Waals surface area contributed by atoms with Gasteiger partial charge in [-0.25, -0.2) is 0 Å². The maximum Gasteiger partial charge on any atom is 0.227 e. The normalized spacial score (nSPS) is 24.2. The number of piperidine rings is 1. The summed E-state index contributed by atoms with van der Waals surface area (Å²) in [6.45, 7) is 3.63. The fraction of sp³-hybridized carbons (Fsp3) is 0.611. The molecule has 3 rings (SSSR count). The second-order valence-electron chi connectivity index (χ2n) is 6.80. The number of rotatable bonds is 4. The molecular formula is C18H25Cl3N2O2. The molecule has 0 aliphatic carbocycles. The van der Waals surface area contributed by atoms with Crippen molar-refractivity contribution in [1.82, 2.24) is 9.80 Å². The maximum absolute atomic E-state index is 12.8. The number of hydrogen-bond acceptors (Lipinski definition) is 3. The molecule has 0 radical (unpaired) electrons. The van der Waals surface area contributed by atoms with Crippen LogP contribution < -0.4 is 0 Å². The van der Waals surface area contributed by atoms with Gasteiger partial charge in [0.1, 0.15) is 0 Å². The molecule has 2 heterocycles. The minimum absolute atomic E-state index is 0. The fourth-order valence-electron chi connectivity index (χ4n) is 3.72. The number of carbonyl (C=O) groups excluding carboxylic acids is 1. The fourth-order valence-corrected chi connectivity index (χ4v) is 4.04. The predicted octanol–water partition coefficient (Wildman–Crippen LogP) is 3.41. The van der Waals surface area contributed by atoms with Crippen LogP contribution in [0.2, 0.25) is 10.0 Å². The molecule has 2 unspecified atom stereocenters. The van der Waals surface area contributed by atoms with E-state index in [0.29, 0.717) is 16.5 Å². The van der Waals surface area contributed by atoms with Gasteiger partial charge in [0.2, 0.25) is 5.91 Å². The van der Waals surface area contributed by atoms with Crippen molar-refractivity contribution >= 4 is 41.5 Å². The summed E-state index contributed by atoms with van der Waals surface area (Å²) < 4.78 is 0. The Labute approximate surface area is 165 Å². The van der Waals surface area contributed by atoms with Gasteiger partial charge >= 0.3 is 0 Å². The largest absolute Gasteiger partial charge is 0.391 e. The average Bonchev–Trinajstić information content (AvgIpc) is 3.06. The Bertz CT molecular complexity index is 594. The van der Waals surface area contributed by atoms with Crippen LogP contribution in [-0.4, -0.2) is 59.1 Å². The van der Waals surface area contributed by atoms with Gasteiger partial charge in [-0.05, 0) is 56.5 Å². The summed E-state index contributed by atoms with van der Waals surface area (Å²) in [6, 6.07) is 5.20. The van der Waals surface area contributed by atoms with E-state index in [0.717, 1.165) is 44.6 Å². The number of aliphatic hydroxyl groups is 1. The quantitative estimate of drug-likeness (QED) is 0.832. The number of carbonyl (C=O) groups is 1. The minimum atomic E-state index is -0.433. The third kappa shape index (κ3) is 5.24. The van der Waals surface area contributed by atoms with Crippen LogP contribution in [0.5, 0.6) is 0 Å². The van der Waals surface area contributed by atoms with Gasteiger partial charge in [-0.3, -0.25) is 4.79 Å². The Morgan fingerprint density at radius 3 is 2.52 bits per heavy atom. The number of nitrogens with zero attached hydrogens (tertiary/aromatic N) is 2. The summed E-state index contributed by atoms with van der Waals surface area (Å²) >= 11 is 12.0. The lowest BCUT2D eigenvalue weighted by Gasteiger charge is -2.41. The molecule has 2 atom stereocenters. The highest BCUT2D eigenvalue weighted by Gasteiger charge is 2.34. The Morgan fingerprint density at radius 2 is 1.84 bits per heavy atom. The van der Waals surface area contributed by atoms with E-state index in [-0.39, 0.29) is 24.4 Å². The van der Waals surface area contributed by atoms with Crippen LogP contribution in [-0.2, 0) is 11.2 Å². The maximum atomic E-state index is 12.8. The molecule has 0 spiro atoms. The van der Waals surface area contributed by atoms with Crippen molar-refractivity contribution < 1.29 is 9.90 Å². The van der Waals surface area contributed by atoms with E-state index < -0.39 is 6.10 Å². The molecule has 1 aromatic rings. The van der Waals surface area contributed by atoms with Crippen LogP contribution in [0.15, 0.2) is 18.2 Å². The van der Waals surface area contributed by atoms with Gasteiger partial charge in [0, 0.05) is 13.1 Å². The molecule has 0 aromatic heterocycles. The highest BCUT2D eigenvalue weighted by atomic mass is 35.5. The van der Waals surface area contributed by atoms with E-state index >= 15 is 0 Å². The molecular weight excluding hydrogens is 383 g/mol. The molecule has 2 aliphatic rings. The first-order valence-electron chi connectivity index (χ1n) is 8.68. The van der Waals surface area contributed by atoms with Crippen molar-refractivity contribution in [2.24, 2.45) is 0 Å². The van der Waals surface area contributed by atoms with E-state index in [4.69, 9.17) is 23.2 Å². The van der Waals surface area contributed by atoms with Crippen LogP contribution in [0.25, 0.3) is 0 Å². The summed E-state index contributed by atoms with van der Waals surface area (Å²) in [6.07, 6.45) is 3.90. The van der Waals surface area contributed by atoms with Crippen LogP contribution in [0.1, 0.15) is 31.2 Å². The van der Waals surface area contributed by atoms with Gasteiger partial charge in [-0.1, -0.05) is 29.3 Å². The standard InChI is InChI=1S/C18H24Cl2N2O2.ClH/c19-14-6-5-13(10-15(14)20)11-18(24)22-9-3-4-17(23)16(22)12-21-7-1-2-8-21;/h5-6,10,16-17,23H,1-4,7-9,11-12H2;1H. The number of aliphatic hydroxyl groups excluding tert-OH is 1. The van der Waals surface area contributed by atoms with E-state index in [2.05, 4.69) is 4.90 Å². The Hall–Kier alpha value is -0.520. The van der Waals surface area contributed by atoms with Gasteiger partial charge in [0.15, 0.2) is 0 Å². The van der Waals surface area contributed by atoms with E-state index in [9.17, 15) is 9.90 Å². The van der Waals surface area contributed by atoms with Crippen LogP contribution in [0.3, 0.4) is 0 Å². The lowest BCUT2D eigenvalue weighted by Crippen LogP contribution is -2.56. The number of benzene rings is 1. The highest BCUT2D eigenvalue weighted by Crippen LogP contribution is 2.25. The monoisotopic (exact) mass is 406 g/mol. The first-order valence-corrected chi connectivity index (χ1v) is 9.44. The predicted molar refractivity (Wildman–Crippen MR) is 104 cm³/mol. The van der Waals surface area contributed by atoms with Crippen molar-refractivity contribution in [3.05, 3.63) is 33.8 Å². The molecule has 1 aromatic carbocycles. The molecule has 4 nitrogen and oxygen atoms in total. The zero-order chi connectivity index (χ0) is 17.1. The summed E-state index contributed by atoms with van der Waals surface area (Å²) in [5.41, 5.74) is 0.856. The number of halogens is 3. The Balaban J connectivity index is 0.00000225. The van der Waals surface area contributed by atoms with E-state index in [1.165, 1.54) is 12.8 Å². The molecule has 7 heteroatoms. The third-order valence-corrected chi connectivity index (χ3v) is 5.79. The van der Waals surface area contributed by atoms with Crippen molar-refractivity contribution in [2.45, 2.75) is 44.2 Å².